The molecule has 11 heteroatoms. The fourth-order valence-corrected chi connectivity index (χ4v) is 3.52. The van der Waals surface area contributed by atoms with Crippen LogP contribution in [0, 0.1) is 5.82 Å². The van der Waals surface area contributed by atoms with Gasteiger partial charge in [-0.3, -0.25) is 15.1 Å². The number of guanidine groups is 1. The first-order chi connectivity index (χ1) is 17.0. The molecule has 0 fully saturated rings. The molecule has 0 saturated heterocycles. The minimum Gasteiger partial charge on any atom is -0.494 e. The van der Waals surface area contributed by atoms with Crippen molar-refractivity contribution in [2.45, 2.75) is 31.7 Å². The second-order valence-electron chi connectivity index (χ2n) is 8.00. The number of carboxylic acid groups (broad SMARTS) is 1. The standard InChI is InChI=1S/C24H26FN5O5/c25-17-4-1-5-18-21(17)35-24(28-18)29-19(22(32)33)14-15-7-9-16(10-8-15)34-13-2-6-20(31)30-23-26-11-3-12-27-23/h1,4-5,7-10,19H,2-3,6,11-14H2,(H,28,29)(H,32,33)(H2,26,27,30,31). The van der Waals surface area contributed by atoms with Gasteiger partial charge in [-0.1, -0.05) is 18.2 Å². The van der Waals surface area contributed by atoms with Gasteiger partial charge in [-0.2, -0.15) is 4.98 Å². The molecule has 1 aliphatic rings. The molecular weight excluding hydrogens is 457 g/mol. The molecule has 1 aromatic heterocycles. The van der Waals surface area contributed by atoms with Crippen molar-refractivity contribution in [2.75, 3.05) is 25.0 Å². The first kappa shape index (κ1) is 24.0. The van der Waals surface area contributed by atoms with Gasteiger partial charge in [-0.05, 0) is 42.7 Å². The van der Waals surface area contributed by atoms with Crippen molar-refractivity contribution in [1.82, 2.24) is 15.6 Å². The molecule has 10 nitrogen and oxygen atoms in total. The molecule has 3 aromatic rings. The number of ether oxygens (including phenoxy) is 1. The number of aromatic nitrogens is 1. The second kappa shape index (κ2) is 11.3. The number of aliphatic carboxylic acids is 1. The van der Waals surface area contributed by atoms with Gasteiger partial charge >= 0.3 is 5.97 Å². The number of oxazole rings is 1. The average Bonchev–Trinajstić information content (AvgIpc) is 3.27. The molecule has 0 radical (unpaired) electrons. The fraction of sp³-hybridized carbons (Fsp3) is 0.333. The number of amides is 1. The van der Waals surface area contributed by atoms with Crippen LogP contribution in [0.25, 0.3) is 11.1 Å². The number of carboxylic acids is 1. The predicted octanol–water partition coefficient (Wildman–Crippen LogP) is 2.70. The third-order valence-electron chi connectivity index (χ3n) is 5.30. The molecule has 35 heavy (non-hydrogen) atoms. The van der Waals surface area contributed by atoms with Crippen LogP contribution < -0.4 is 20.7 Å². The van der Waals surface area contributed by atoms with Crippen LogP contribution in [0.4, 0.5) is 10.4 Å². The van der Waals surface area contributed by atoms with Crippen LogP contribution in [0.3, 0.4) is 0 Å². The maximum absolute atomic E-state index is 13.8. The van der Waals surface area contributed by atoms with E-state index in [1.54, 1.807) is 30.3 Å². The summed E-state index contributed by atoms with van der Waals surface area (Å²) in [5.74, 6) is -0.648. The van der Waals surface area contributed by atoms with Crippen molar-refractivity contribution in [3.05, 3.63) is 53.8 Å². The van der Waals surface area contributed by atoms with Crippen LogP contribution >= 0.6 is 0 Å². The van der Waals surface area contributed by atoms with Crippen LogP contribution in [0.5, 0.6) is 5.75 Å². The maximum Gasteiger partial charge on any atom is 0.326 e. The lowest BCUT2D eigenvalue weighted by molar-refractivity contribution is -0.138. The quantitative estimate of drug-likeness (QED) is 0.323. The lowest BCUT2D eigenvalue weighted by Crippen LogP contribution is -2.43. The molecule has 1 amide bonds. The number of carbonyl (C=O) groups excluding carboxylic acids is 1. The summed E-state index contributed by atoms with van der Waals surface area (Å²) in [7, 11) is 0. The lowest BCUT2D eigenvalue weighted by atomic mass is 10.1. The highest BCUT2D eigenvalue weighted by atomic mass is 19.1. The number of fused-ring (bicyclic) bond motifs is 1. The van der Waals surface area contributed by atoms with Gasteiger partial charge in [-0.15, -0.1) is 0 Å². The fourth-order valence-electron chi connectivity index (χ4n) is 3.52. The highest BCUT2D eigenvalue weighted by molar-refractivity contribution is 5.97. The SMILES string of the molecule is O=C(CCCOc1ccc(CC(Nc2nc3cccc(F)c3o2)C(=O)O)cc1)NC1=NCCCN1. The Bertz CT molecular complexity index is 1210. The Balaban J connectivity index is 1.24. The van der Waals surface area contributed by atoms with Gasteiger partial charge < -0.3 is 24.9 Å². The number of halogens is 1. The van der Waals surface area contributed by atoms with Crippen LogP contribution in [0.2, 0.25) is 0 Å². The number of hydrogen-bond acceptors (Lipinski definition) is 8. The first-order valence-corrected chi connectivity index (χ1v) is 11.3. The van der Waals surface area contributed by atoms with E-state index >= 15 is 0 Å². The second-order valence-corrected chi connectivity index (χ2v) is 8.00. The third-order valence-corrected chi connectivity index (χ3v) is 5.30. The molecule has 0 saturated carbocycles. The minimum absolute atomic E-state index is 0.0301. The molecule has 0 spiro atoms. The van der Waals surface area contributed by atoms with E-state index in [1.165, 1.54) is 12.1 Å². The van der Waals surface area contributed by atoms with E-state index in [9.17, 15) is 19.1 Å². The van der Waals surface area contributed by atoms with Gasteiger partial charge in [0, 0.05) is 25.9 Å². The summed E-state index contributed by atoms with van der Waals surface area (Å²) < 4.78 is 24.8. The van der Waals surface area contributed by atoms with E-state index in [4.69, 9.17) is 9.15 Å². The summed E-state index contributed by atoms with van der Waals surface area (Å²) in [6.07, 6.45) is 1.95. The molecular formula is C24H26FN5O5. The zero-order valence-corrected chi connectivity index (χ0v) is 18.9. The predicted molar refractivity (Wildman–Crippen MR) is 127 cm³/mol. The van der Waals surface area contributed by atoms with E-state index in [1.807, 2.05) is 0 Å². The molecule has 0 aliphatic carbocycles. The molecule has 1 aliphatic heterocycles. The zero-order valence-electron chi connectivity index (χ0n) is 18.9. The van der Waals surface area contributed by atoms with E-state index in [0.717, 1.165) is 18.5 Å². The van der Waals surface area contributed by atoms with Gasteiger partial charge in [-0.25, -0.2) is 9.18 Å². The van der Waals surface area contributed by atoms with Crippen LogP contribution in [0.1, 0.15) is 24.8 Å². The summed E-state index contributed by atoms with van der Waals surface area (Å²) in [6.45, 7) is 1.88. The molecule has 1 unspecified atom stereocenters. The Morgan fingerprint density at radius 1 is 1.23 bits per heavy atom. The van der Waals surface area contributed by atoms with Crippen molar-refractivity contribution < 1.29 is 28.2 Å². The van der Waals surface area contributed by atoms with Crippen molar-refractivity contribution in [2.24, 2.45) is 4.99 Å². The molecule has 4 rings (SSSR count). The number of benzene rings is 2. The maximum atomic E-state index is 13.8. The number of hydrogen-bond donors (Lipinski definition) is 4. The number of aliphatic imine (C=N–C) groups is 1. The summed E-state index contributed by atoms with van der Waals surface area (Å²) in [4.78, 5) is 32.0. The number of para-hydroxylation sites is 1. The van der Waals surface area contributed by atoms with Gasteiger partial charge in [0.2, 0.25) is 5.91 Å². The van der Waals surface area contributed by atoms with Crippen molar-refractivity contribution in [1.29, 1.82) is 0 Å². The molecule has 0 bridgehead atoms. The summed E-state index contributed by atoms with van der Waals surface area (Å²) in [5.41, 5.74) is 1.02. The summed E-state index contributed by atoms with van der Waals surface area (Å²) in [6, 6.07) is 10.2. The summed E-state index contributed by atoms with van der Waals surface area (Å²) in [5, 5.41) is 18.1. The molecule has 4 N–H and O–H groups in total. The number of rotatable bonds is 10. The average molecular weight is 484 g/mol. The summed E-state index contributed by atoms with van der Waals surface area (Å²) >= 11 is 0. The Kier molecular flexibility index (Phi) is 7.76. The first-order valence-electron chi connectivity index (χ1n) is 11.3. The Morgan fingerprint density at radius 2 is 2.06 bits per heavy atom. The third kappa shape index (κ3) is 6.69. The number of anilines is 1. The smallest absolute Gasteiger partial charge is 0.326 e. The van der Waals surface area contributed by atoms with E-state index in [-0.39, 0.29) is 23.9 Å². The van der Waals surface area contributed by atoms with Crippen LogP contribution in [-0.4, -0.2) is 53.7 Å². The molecule has 2 heterocycles. The highest BCUT2D eigenvalue weighted by Crippen LogP contribution is 2.23. The number of nitrogens with one attached hydrogen (secondary N) is 3. The highest BCUT2D eigenvalue weighted by Gasteiger charge is 2.21. The minimum atomic E-state index is -1.10. The van der Waals surface area contributed by atoms with Crippen LogP contribution in [-0.2, 0) is 16.0 Å². The van der Waals surface area contributed by atoms with Gasteiger partial charge in [0.25, 0.3) is 6.01 Å². The van der Waals surface area contributed by atoms with E-state index in [0.29, 0.717) is 43.2 Å². The Labute approximate surface area is 200 Å². The van der Waals surface area contributed by atoms with Gasteiger partial charge in [0.15, 0.2) is 17.4 Å². The Hall–Kier alpha value is -4.15. The largest absolute Gasteiger partial charge is 0.494 e. The number of nitrogens with zero attached hydrogens (tertiary/aromatic N) is 2. The Morgan fingerprint density at radius 3 is 2.77 bits per heavy atom. The van der Waals surface area contributed by atoms with E-state index < -0.39 is 17.8 Å². The van der Waals surface area contributed by atoms with Crippen molar-refractivity contribution in [3.8, 4) is 5.75 Å². The lowest BCUT2D eigenvalue weighted by Gasteiger charge is -2.15. The molecule has 1 atom stereocenters. The zero-order chi connectivity index (χ0) is 24.6. The molecule has 2 aromatic carbocycles. The van der Waals surface area contributed by atoms with Crippen molar-refractivity contribution >= 4 is 35.0 Å². The monoisotopic (exact) mass is 483 g/mol. The van der Waals surface area contributed by atoms with Gasteiger partial charge in [0.05, 0.1) is 6.61 Å². The molecule has 184 valence electrons. The van der Waals surface area contributed by atoms with Crippen molar-refractivity contribution in [3.63, 3.8) is 0 Å². The van der Waals surface area contributed by atoms with E-state index in [2.05, 4.69) is 25.9 Å². The van der Waals surface area contributed by atoms with Gasteiger partial charge in [0.1, 0.15) is 17.3 Å². The normalized spacial score (nSPS) is 14.0. The van der Waals surface area contributed by atoms with Crippen LogP contribution in [0.15, 0.2) is 51.9 Å². The number of carbonyl (C=O) groups is 2. The topological polar surface area (TPSA) is 138 Å².